The van der Waals surface area contributed by atoms with Crippen LogP contribution in [0.1, 0.15) is 60.8 Å². The summed E-state index contributed by atoms with van der Waals surface area (Å²) >= 11 is 0. The average molecular weight is 532 g/mol. The van der Waals surface area contributed by atoms with Gasteiger partial charge >= 0.3 is 0 Å². The highest BCUT2D eigenvalue weighted by Crippen LogP contribution is 2.52. The first kappa shape index (κ1) is 28.3. The molecule has 1 aliphatic carbocycles. The van der Waals surface area contributed by atoms with Crippen molar-refractivity contribution in [2.45, 2.75) is 56.8 Å². The molecule has 0 saturated heterocycles. The van der Waals surface area contributed by atoms with Gasteiger partial charge in [-0.15, -0.1) is 0 Å². The first-order valence-corrected chi connectivity index (χ1v) is 13.7. The minimum Gasteiger partial charge on any atom is -0.493 e. The van der Waals surface area contributed by atoms with Crippen molar-refractivity contribution in [3.63, 3.8) is 0 Å². The Hall–Kier alpha value is -3.67. The number of amides is 1. The number of rotatable bonds is 12. The van der Waals surface area contributed by atoms with Crippen molar-refractivity contribution in [1.82, 2.24) is 0 Å². The summed E-state index contributed by atoms with van der Waals surface area (Å²) in [6.07, 6.45) is 4.98. The Morgan fingerprint density at radius 2 is 1.51 bits per heavy atom. The van der Waals surface area contributed by atoms with Gasteiger partial charge in [0, 0.05) is 0 Å². The number of primary amides is 1. The van der Waals surface area contributed by atoms with Crippen LogP contribution in [0.25, 0.3) is 0 Å². The van der Waals surface area contributed by atoms with Crippen molar-refractivity contribution in [3.8, 4) is 23.0 Å². The van der Waals surface area contributed by atoms with Gasteiger partial charge in [-0.25, -0.2) is 0 Å². The number of methoxy groups -OCH3 is 4. The van der Waals surface area contributed by atoms with Crippen molar-refractivity contribution in [3.05, 3.63) is 82.9 Å². The Morgan fingerprint density at radius 3 is 2.13 bits per heavy atom. The number of carbonyl (C=O) groups is 1. The number of fused-ring (bicyclic) bond motifs is 1. The number of aryl methyl sites for hydroxylation is 1. The second-order valence-corrected chi connectivity index (χ2v) is 10.4. The van der Waals surface area contributed by atoms with Crippen molar-refractivity contribution < 1.29 is 23.7 Å². The SMILES string of the molecule is CCCCC(C(N)=O)(c1ccccc1)C1CCc2cc(OC)c(OC)cc2C1Cc1ccc(OC)c(OC)c1. The summed E-state index contributed by atoms with van der Waals surface area (Å²) in [7, 11) is 6.61. The molecule has 6 nitrogen and oxygen atoms in total. The molecule has 3 aromatic rings. The molecular formula is C33H41NO5. The Morgan fingerprint density at radius 1 is 0.872 bits per heavy atom. The van der Waals surface area contributed by atoms with E-state index in [-0.39, 0.29) is 17.7 Å². The number of ether oxygens (including phenoxy) is 4. The number of hydrogen-bond donors (Lipinski definition) is 1. The number of benzene rings is 3. The zero-order chi connectivity index (χ0) is 28.0. The van der Waals surface area contributed by atoms with Gasteiger partial charge in [0.2, 0.25) is 5.91 Å². The van der Waals surface area contributed by atoms with E-state index >= 15 is 0 Å². The Bertz CT molecular complexity index is 1270. The standard InChI is InChI=1S/C33H41NO5/c1-6-7-17-33(32(34)35,24-11-9-8-10-12-24)27-15-14-23-20-30(38-4)31(39-5)21-25(23)26(27)18-22-13-16-28(36-2)29(19-22)37-3/h8-13,16,19-21,26-27H,6-7,14-15,17-18H2,1-5H3,(H2,34,35). The van der Waals surface area contributed by atoms with Crippen LogP contribution in [-0.4, -0.2) is 34.3 Å². The topological polar surface area (TPSA) is 80.0 Å². The van der Waals surface area contributed by atoms with Crippen LogP contribution in [0, 0.1) is 5.92 Å². The molecule has 0 saturated carbocycles. The molecule has 1 aliphatic rings. The van der Waals surface area contributed by atoms with Crippen LogP contribution in [-0.2, 0) is 23.1 Å². The van der Waals surface area contributed by atoms with Crippen molar-refractivity contribution >= 4 is 5.91 Å². The summed E-state index contributed by atoms with van der Waals surface area (Å²) in [5.41, 5.74) is 10.1. The van der Waals surface area contributed by atoms with Gasteiger partial charge in [0.05, 0.1) is 33.9 Å². The lowest BCUT2D eigenvalue weighted by molar-refractivity contribution is -0.126. The van der Waals surface area contributed by atoms with Crippen molar-refractivity contribution in [1.29, 1.82) is 0 Å². The average Bonchev–Trinajstić information content (AvgIpc) is 2.97. The summed E-state index contributed by atoms with van der Waals surface area (Å²) in [6, 6.07) is 20.4. The Balaban J connectivity index is 1.92. The lowest BCUT2D eigenvalue weighted by Gasteiger charge is -2.46. The normalized spacial score (nSPS) is 18.0. The van der Waals surface area contributed by atoms with Gasteiger partial charge in [-0.1, -0.05) is 56.2 Å². The maximum atomic E-state index is 13.7. The van der Waals surface area contributed by atoms with E-state index in [0.717, 1.165) is 42.6 Å². The number of hydrogen-bond acceptors (Lipinski definition) is 5. The molecule has 0 fully saturated rings. The lowest BCUT2D eigenvalue weighted by atomic mass is 9.56. The first-order valence-electron chi connectivity index (χ1n) is 13.7. The molecule has 1 amide bonds. The first-order chi connectivity index (χ1) is 18.9. The third-order valence-corrected chi connectivity index (χ3v) is 8.45. The maximum Gasteiger partial charge on any atom is 0.228 e. The van der Waals surface area contributed by atoms with Crippen molar-refractivity contribution in [2.24, 2.45) is 11.7 Å². The molecule has 39 heavy (non-hydrogen) atoms. The molecule has 0 spiro atoms. The highest BCUT2D eigenvalue weighted by Gasteiger charge is 2.50. The van der Waals surface area contributed by atoms with Gasteiger partial charge in [-0.05, 0) is 84.0 Å². The second-order valence-electron chi connectivity index (χ2n) is 10.4. The van der Waals surface area contributed by atoms with E-state index < -0.39 is 5.41 Å². The minimum absolute atomic E-state index is 0.0104. The molecule has 0 aliphatic heterocycles. The minimum atomic E-state index is -0.802. The van der Waals surface area contributed by atoms with E-state index in [9.17, 15) is 4.79 Å². The molecule has 0 radical (unpaired) electrons. The van der Waals surface area contributed by atoms with E-state index in [1.807, 2.05) is 30.3 Å². The molecule has 3 aromatic carbocycles. The summed E-state index contributed by atoms with van der Waals surface area (Å²) in [5.74, 6) is 2.52. The van der Waals surface area contributed by atoms with E-state index in [2.05, 4.69) is 37.3 Å². The molecule has 0 bridgehead atoms. The van der Waals surface area contributed by atoms with Crippen LogP contribution in [0.4, 0.5) is 0 Å². The van der Waals surface area contributed by atoms with E-state index in [0.29, 0.717) is 30.1 Å². The fourth-order valence-corrected chi connectivity index (χ4v) is 6.51. The molecular weight excluding hydrogens is 490 g/mol. The molecule has 4 rings (SSSR count). The fourth-order valence-electron chi connectivity index (χ4n) is 6.51. The monoisotopic (exact) mass is 531 g/mol. The molecule has 0 heterocycles. The second kappa shape index (κ2) is 12.5. The van der Waals surface area contributed by atoms with Gasteiger partial charge < -0.3 is 24.7 Å². The Kier molecular flexibility index (Phi) is 9.05. The highest BCUT2D eigenvalue weighted by atomic mass is 16.5. The van der Waals surface area contributed by atoms with Gasteiger partial charge in [0.1, 0.15) is 0 Å². The largest absolute Gasteiger partial charge is 0.493 e. The number of carbonyl (C=O) groups excluding carboxylic acids is 1. The number of nitrogens with two attached hydrogens (primary N) is 1. The lowest BCUT2D eigenvalue weighted by Crippen LogP contribution is -2.51. The van der Waals surface area contributed by atoms with Crippen LogP contribution in [0.5, 0.6) is 23.0 Å². The van der Waals surface area contributed by atoms with Crippen LogP contribution in [0.15, 0.2) is 60.7 Å². The van der Waals surface area contributed by atoms with Crippen LogP contribution in [0.3, 0.4) is 0 Å². The quantitative estimate of drug-likeness (QED) is 0.300. The predicted octanol–water partition coefficient (Wildman–Crippen LogP) is 6.22. The Labute approximate surface area is 232 Å². The molecule has 208 valence electrons. The van der Waals surface area contributed by atoms with E-state index in [1.54, 1.807) is 28.4 Å². The smallest absolute Gasteiger partial charge is 0.228 e. The van der Waals surface area contributed by atoms with E-state index in [4.69, 9.17) is 24.7 Å². The number of unbranched alkanes of at least 4 members (excludes halogenated alkanes) is 1. The highest BCUT2D eigenvalue weighted by molar-refractivity contribution is 5.87. The van der Waals surface area contributed by atoms with E-state index in [1.165, 1.54) is 11.1 Å². The van der Waals surface area contributed by atoms with Crippen molar-refractivity contribution in [2.75, 3.05) is 28.4 Å². The molecule has 3 atom stereocenters. The predicted molar refractivity (Wildman–Crippen MR) is 154 cm³/mol. The van der Waals surface area contributed by atoms with Crippen LogP contribution < -0.4 is 24.7 Å². The third-order valence-electron chi connectivity index (χ3n) is 8.45. The molecule has 2 N–H and O–H groups in total. The molecule has 6 heteroatoms. The molecule has 0 aromatic heterocycles. The third kappa shape index (κ3) is 5.42. The van der Waals surface area contributed by atoms with Crippen LogP contribution in [0.2, 0.25) is 0 Å². The van der Waals surface area contributed by atoms with Gasteiger partial charge in [-0.2, -0.15) is 0 Å². The van der Waals surface area contributed by atoms with Gasteiger partial charge in [0.25, 0.3) is 0 Å². The fraction of sp³-hybridized carbons (Fsp3) is 0.424. The van der Waals surface area contributed by atoms with Gasteiger partial charge in [0.15, 0.2) is 23.0 Å². The molecule has 3 unspecified atom stereocenters. The summed E-state index contributed by atoms with van der Waals surface area (Å²) in [6.45, 7) is 2.16. The zero-order valence-corrected chi connectivity index (χ0v) is 23.8. The maximum absolute atomic E-state index is 13.7. The summed E-state index contributed by atoms with van der Waals surface area (Å²) in [5, 5.41) is 0. The van der Waals surface area contributed by atoms with Gasteiger partial charge in [-0.3, -0.25) is 4.79 Å². The summed E-state index contributed by atoms with van der Waals surface area (Å²) < 4.78 is 22.5. The van der Waals surface area contributed by atoms with Crippen LogP contribution >= 0.6 is 0 Å². The summed E-state index contributed by atoms with van der Waals surface area (Å²) in [4.78, 5) is 13.7. The zero-order valence-electron chi connectivity index (χ0n) is 23.8.